The summed E-state index contributed by atoms with van der Waals surface area (Å²) in [6.07, 6.45) is 3.22. The monoisotopic (exact) mass is 234 g/mol. The summed E-state index contributed by atoms with van der Waals surface area (Å²) in [5, 5.41) is 4.44. The molecule has 0 spiro atoms. The van der Waals surface area contributed by atoms with Crippen LogP contribution in [0.15, 0.2) is 30.6 Å². The van der Waals surface area contributed by atoms with E-state index in [-0.39, 0.29) is 5.78 Å². The van der Waals surface area contributed by atoms with E-state index in [4.69, 9.17) is 11.6 Å². The van der Waals surface area contributed by atoms with Crippen molar-refractivity contribution in [3.8, 4) is 0 Å². The van der Waals surface area contributed by atoms with E-state index in [1.807, 2.05) is 13.0 Å². The standard InChI is InChI=1S/C12H11ClN2O/c1-8-3-4-10(11(13)5-8)12(16)9-6-14-15(2)7-9/h3-7H,1-2H3. The molecular formula is C12H11ClN2O. The second-order valence-electron chi connectivity index (χ2n) is 3.72. The molecule has 0 fully saturated rings. The topological polar surface area (TPSA) is 34.9 Å². The maximum Gasteiger partial charge on any atom is 0.197 e. The Bertz CT molecular complexity index is 546. The lowest BCUT2D eigenvalue weighted by Gasteiger charge is -2.02. The molecule has 0 bridgehead atoms. The predicted molar refractivity (Wildman–Crippen MR) is 62.8 cm³/mol. The fourth-order valence-electron chi connectivity index (χ4n) is 1.50. The smallest absolute Gasteiger partial charge is 0.197 e. The zero-order chi connectivity index (χ0) is 11.7. The molecule has 1 heterocycles. The number of hydrogen-bond donors (Lipinski definition) is 0. The number of aromatic nitrogens is 2. The molecule has 0 amide bonds. The maximum atomic E-state index is 12.1. The van der Waals surface area contributed by atoms with Crippen molar-refractivity contribution in [3.63, 3.8) is 0 Å². The summed E-state index contributed by atoms with van der Waals surface area (Å²) in [6.45, 7) is 1.93. The number of hydrogen-bond acceptors (Lipinski definition) is 2. The Balaban J connectivity index is 2.41. The van der Waals surface area contributed by atoms with Gasteiger partial charge in [-0.1, -0.05) is 17.7 Å². The van der Waals surface area contributed by atoms with Gasteiger partial charge in [-0.3, -0.25) is 9.48 Å². The first-order valence-electron chi connectivity index (χ1n) is 4.87. The van der Waals surface area contributed by atoms with E-state index < -0.39 is 0 Å². The number of carbonyl (C=O) groups is 1. The third-order valence-electron chi connectivity index (χ3n) is 2.34. The molecule has 1 aromatic carbocycles. The molecule has 0 aliphatic rings. The molecule has 0 unspecified atom stereocenters. The van der Waals surface area contributed by atoms with Crippen molar-refractivity contribution in [2.45, 2.75) is 6.92 Å². The van der Waals surface area contributed by atoms with Gasteiger partial charge in [0.2, 0.25) is 0 Å². The Kier molecular flexibility index (Phi) is 2.79. The Morgan fingerprint density at radius 3 is 2.75 bits per heavy atom. The number of carbonyl (C=O) groups excluding carboxylic acids is 1. The fourth-order valence-corrected chi connectivity index (χ4v) is 1.82. The highest BCUT2D eigenvalue weighted by Gasteiger charge is 2.14. The molecule has 0 radical (unpaired) electrons. The van der Waals surface area contributed by atoms with Crippen LogP contribution in [0.3, 0.4) is 0 Å². The number of benzene rings is 1. The second-order valence-corrected chi connectivity index (χ2v) is 4.12. The van der Waals surface area contributed by atoms with Crippen molar-refractivity contribution < 1.29 is 4.79 Å². The molecule has 1 aromatic heterocycles. The second kappa shape index (κ2) is 4.10. The highest BCUT2D eigenvalue weighted by molar-refractivity contribution is 6.35. The summed E-state index contributed by atoms with van der Waals surface area (Å²) >= 11 is 6.03. The molecule has 0 saturated carbocycles. The number of ketones is 1. The minimum atomic E-state index is -0.0990. The number of halogens is 1. The summed E-state index contributed by atoms with van der Waals surface area (Å²) in [6, 6.07) is 5.40. The predicted octanol–water partition coefficient (Wildman–Crippen LogP) is 2.61. The number of rotatable bonds is 2. The lowest BCUT2D eigenvalue weighted by Crippen LogP contribution is -2.01. The summed E-state index contributed by atoms with van der Waals surface area (Å²) in [4.78, 5) is 12.1. The van der Waals surface area contributed by atoms with Gasteiger partial charge in [-0.2, -0.15) is 5.10 Å². The Morgan fingerprint density at radius 1 is 1.44 bits per heavy atom. The molecule has 0 atom stereocenters. The van der Waals surface area contributed by atoms with Crippen molar-refractivity contribution in [1.82, 2.24) is 9.78 Å². The van der Waals surface area contributed by atoms with Gasteiger partial charge in [0.1, 0.15) is 0 Å². The summed E-state index contributed by atoms with van der Waals surface area (Å²) < 4.78 is 1.59. The zero-order valence-corrected chi connectivity index (χ0v) is 9.82. The minimum Gasteiger partial charge on any atom is -0.288 e. The SMILES string of the molecule is Cc1ccc(C(=O)c2cnn(C)c2)c(Cl)c1. The van der Waals surface area contributed by atoms with Gasteiger partial charge in [0, 0.05) is 18.8 Å². The molecule has 0 N–H and O–H groups in total. The molecule has 16 heavy (non-hydrogen) atoms. The maximum absolute atomic E-state index is 12.1. The summed E-state index contributed by atoms with van der Waals surface area (Å²) in [5.74, 6) is -0.0990. The summed E-state index contributed by atoms with van der Waals surface area (Å²) in [5.41, 5.74) is 2.10. The first kappa shape index (κ1) is 10.9. The lowest BCUT2D eigenvalue weighted by atomic mass is 10.0. The van der Waals surface area contributed by atoms with Gasteiger partial charge >= 0.3 is 0 Å². The van der Waals surface area contributed by atoms with Crippen LogP contribution < -0.4 is 0 Å². The molecule has 0 aliphatic heterocycles. The van der Waals surface area contributed by atoms with E-state index >= 15 is 0 Å². The van der Waals surface area contributed by atoms with Crippen LogP contribution >= 0.6 is 11.6 Å². The average Bonchev–Trinajstić information content (AvgIpc) is 2.64. The molecule has 0 aliphatic carbocycles. The van der Waals surface area contributed by atoms with E-state index in [0.717, 1.165) is 5.56 Å². The fraction of sp³-hybridized carbons (Fsp3) is 0.167. The highest BCUT2D eigenvalue weighted by atomic mass is 35.5. The van der Waals surface area contributed by atoms with Gasteiger partial charge in [0.05, 0.1) is 16.8 Å². The van der Waals surface area contributed by atoms with Gasteiger partial charge in [0.25, 0.3) is 0 Å². The van der Waals surface area contributed by atoms with Gasteiger partial charge in [-0.25, -0.2) is 0 Å². The number of nitrogens with zero attached hydrogens (tertiary/aromatic N) is 2. The molecule has 82 valence electrons. The van der Waals surface area contributed by atoms with E-state index in [0.29, 0.717) is 16.1 Å². The molecule has 0 saturated heterocycles. The van der Waals surface area contributed by atoms with Crippen molar-refractivity contribution >= 4 is 17.4 Å². The van der Waals surface area contributed by atoms with E-state index in [9.17, 15) is 4.79 Å². The van der Waals surface area contributed by atoms with Crippen molar-refractivity contribution in [2.24, 2.45) is 7.05 Å². The van der Waals surface area contributed by atoms with Crippen LogP contribution in [0, 0.1) is 6.92 Å². The molecular weight excluding hydrogens is 224 g/mol. The van der Waals surface area contributed by atoms with E-state index in [1.165, 1.54) is 0 Å². The van der Waals surface area contributed by atoms with Crippen LogP contribution in [0.1, 0.15) is 21.5 Å². The first-order valence-corrected chi connectivity index (χ1v) is 5.25. The quantitative estimate of drug-likeness (QED) is 0.749. The Labute approximate surface area is 98.7 Å². The largest absolute Gasteiger partial charge is 0.288 e. The van der Waals surface area contributed by atoms with Crippen molar-refractivity contribution in [3.05, 3.63) is 52.3 Å². The van der Waals surface area contributed by atoms with Gasteiger partial charge < -0.3 is 0 Å². The van der Waals surface area contributed by atoms with Crippen molar-refractivity contribution in [1.29, 1.82) is 0 Å². The normalized spacial score (nSPS) is 10.4. The molecule has 3 nitrogen and oxygen atoms in total. The van der Waals surface area contributed by atoms with Crippen LogP contribution in [-0.2, 0) is 7.05 Å². The van der Waals surface area contributed by atoms with Crippen LogP contribution in [0.5, 0.6) is 0 Å². The zero-order valence-electron chi connectivity index (χ0n) is 9.07. The van der Waals surface area contributed by atoms with Crippen LogP contribution in [0.2, 0.25) is 5.02 Å². The number of aryl methyl sites for hydroxylation is 2. The van der Waals surface area contributed by atoms with Crippen LogP contribution in [0.4, 0.5) is 0 Å². The van der Waals surface area contributed by atoms with E-state index in [1.54, 1.807) is 36.3 Å². The summed E-state index contributed by atoms with van der Waals surface area (Å²) in [7, 11) is 1.77. The van der Waals surface area contributed by atoms with Gasteiger partial charge in [-0.05, 0) is 24.6 Å². The van der Waals surface area contributed by atoms with Crippen LogP contribution in [-0.4, -0.2) is 15.6 Å². The molecule has 4 heteroatoms. The van der Waals surface area contributed by atoms with Crippen LogP contribution in [0.25, 0.3) is 0 Å². The molecule has 2 rings (SSSR count). The Hall–Kier alpha value is -1.61. The first-order chi connectivity index (χ1) is 7.58. The minimum absolute atomic E-state index is 0.0990. The van der Waals surface area contributed by atoms with Gasteiger partial charge in [0.15, 0.2) is 5.78 Å². The van der Waals surface area contributed by atoms with Crippen molar-refractivity contribution in [2.75, 3.05) is 0 Å². The van der Waals surface area contributed by atoms with E-state index in [2.05, 4.69) is 5.10 Å². The highest BCUT2D eigenvalue weighted by Crippen LogP contribution is 2.20. The third-order valence-corrected chi connectivity index (χ3v) is 2.65. The lowest BCUT2D eigenvalue weighted by molar-refractivity contribution is 0.103. The van der Waals surface area contributed by atoms with Gasteiger partial charge in [-0.15, -0.1) is 0 Å². The third kappa shape index (κ3) is 1.99. The average molecular weight is 235 g/mol. The molecule has 2 aromatic rings. The Morgan fingerprint density at radius 2 is 2.19 bits per heavy atom.